The molecular formula is C59H48BN2S2. The SMILES string of the molecule is CC(C)(C)c1ccc(Nc2cc3c(cc2-c2ccc4c5c6c(ccc5n5c4c2[B]c2cc4c(cc2-5)sc2ccccc24)C(C)(C)c2ccccc2-6)sc2ccc(C(C)(C)C)cc23)cc1. The van der Waals surface area contributed by atoms with E-state index in [9.17, 15) is 0 Å². The maximum atomic E-state index is 4.00. The molecule has 0 fully saturated rings. The molecule has 5 heteroatoms. The van der Waals surface area contributed by atoms with E-state index in [1.807, 2.05) is 22.7 Å². The number of thiophene rings is 2. The van der Waals surface area contributed by atoms with Gasteiger partial charge in [0.05, 0.1) is 5.52 Å². The van der Waals surface area contributed by atoms with Crippen LogP contribution in [-0.4, -0.2) is 11.8 Å². The minimum atomic E-state index is -0.0935. The quantitative estimate of drug-likeness (QED) is 0.175. The van der Waals surface area contributed by atoms with E-state index in [-0.39, 0.29) is 16.2 Å². The van der Waals surface area contributed by atoms with Crippen LogP contribution in [0.3, 0.4) is 0 Å². The van der Waals surface area contributed by atoms with Gasteiger partial charge in [0.15, 0.2) is 7.28 Å². The van der Waals surface area contributed by atoms with Crippen molar-refractivity contribution in [1.29, 1.82) is 0 Å². The molecule has 8 aromatic carbocycles. The monoisotopic (exact) mass is 859 g/mol. The van der Waals surface area contributed by atoms with Crippen molar-refractivity contribution in [2.75, 3.05) is 5.32 Å². The summed E-state index contributed by atoms with van der Waals surface area (Å²) in [7, 11) is 2.50. The topological polar surface area (TPSA) is 17.0 Å². The van der Waals surface area contributed by atoms with Gasteiger partial charge in [0.1, 0.15) is 0 Å². The molecule has 13 rings (SSSR count). The van der Waals surface area contributed by atoms with Crippen LogP contribution in [0.25, 0.3) is 90.1 Å². The van der Waals surface area contributed by atoms with E-state index in [4.69, 9.17) is 0 Å². The molecule has 1 aliphatic heterocycles. The molecule has 4 heterocycles. The maximum Gasteiger partial charge on any atom is 0.197 e. The molecule has 2 aliphatic rings. The van der Waals surface area contributed by atoms with E-state index in [0.29, 0.717) is 0 Å². The van der Waals surface area contributed by atoms with Gasteiger partial charge in [0, 0.05) is 79.3 Å². The first-order chi connectivity index (χ1) is 30.7. The van der Waals surface area contributed by atoms with Crippen LogP contribution in [0.15, 0.2) is 140 Å². The van der Waals surface area contributed by atoms with Crippen molar-refractivity contribution >= 4 is 114 Å². The van der Waals surface area contributed by atoms with Crippen molar-refractivity contribution in [2.45, 2.75) is 71.6 Å². The first-order valence-electron chi connectivity index (χ1n) is 22.7. The zero-order valence-corrected chi connectivity index (χ0v) is 39.3. The lowest BCUT2D eigenvalue weighted by atomic mass is 9.59. The molecule has 11 aromatic rings. The lowest BCUT2D eigenvalue weighted by molar-refractivity contribution is 0.590. The van der Waals surface area contributed by atoms with Crippen LogP contribution in [0.5, 0.6) is 0 Å². The zero-order valence-electron chi connectivity index (χ0n) is 37.6. The molecule has 1 aliphatic carbocycles. The third-order valence-corrected chi connectivity index (χ3v) is 16.8. The number of nitrogens with zero attached hydrogens (tertiary/aromatic N) is 1. The molecule has 0 unspecified atom stereocenters. The Bertz CT molecular complexity index is 3820. The highest BCUT2D eigenvalue weighted by Gasteiger charge is 2.38. The Kier molecular flexibility index (Phi) is 7.78. The van der Waals surface area contributed by atoms with Crippen molar-refractivity contribution in [3.63, 3.8) is 0 Å². The van der Waals surface area contributed by atoms with Gasteiger partial charge < -0.3 is 9.88 Å². The van der Waals surface area contributed by atoms with Crippen LogP contribution in [0.2, 0.25) is 0 Å². The molecular weight excluding hydrogens is 812 g/mol. The second-order valence-electron chi connectivity index (χ2n) is 20.9. The summed E-state index contributed by atoms with van der Waals surface area (Å²) in [5, 5.41) is 11.9. The van der Waals surface area contributed by atoms with Gasteiger partial charge in [-0.2, -0.15) is 0 Å². The fourth-order valence-electron chi connectivity index (χ4n) is 11.1. The van der Waals surface area contributed by atoms with E-state index in [1.54, 1.807) is 0 Å². The Hall–Kier alpha value is -6.14. The second-order valence-corrected chi connectivity index (χ2v) is 23.0. The summed E-state index contributed by atoms with van der Waals surface area (Å²) in [5.74, 6) is 0. The van der Waals surface area contributed by atoms with Gasteiger partial charge in [0.25, 0.3) is 0 Å². The highest BCUT2D eigenvalue weighted by molar-refractivity contribution is 7.26. The first kappa shape index (κ1) is 38.3. The number of anilines is 2. The lowest BCUT2D eigenvalue weighted by Gasteiger charge is -2.24. The summed E-state index contributed by atoms with van der Waals surface area (Å²) in [6, 6.07) is 53.7. The van der Waals surface area contributed by atoms with Crippen LogP contribution < -0.4 is 16.2 Å². The van der Waals surface area contributed by atoms with E-state index >= 15 is 0 Å². The minimum Gasteiger partial charge on any atom is -0.355 e. The second kappa shape index (κ2) is 13.0. The number of benzene rings is 8. The maximum absolute atomic E-state index is 4.00. The Morgan fingerprint density at radius 2 is 1.22 bits per heavy atom. The minimum absolute atomic E-state index is 0.0553. The summed E-state index contributed by atoms with van der Waals surface area (Å²) < 4.78 is 7.89. The van der Waals surface area contributed by atoms with Crippen molar-refractivity contribution in [3.05, 3.63) is 162 Å². The predicted octanol–water partition coefficient (Wildman–Crippen LogP) is 15.8. The molecule has 64 heavy (non-hydrogen) atoms. The number of nitrogens with one attached hydrogen (secondary N) is 1. The zero-order chi connectivity index (χ0) is 43.6. The van der Waals surface area contributed by atoms with Crippen molar-refractivity contribution in [3.8, 4) is 27.9 Å². The van der Waals surface area contributed by atoms with Gasteiger partial charge in [-0.1, -0.05) is 146 Å². The van der Waals surface area contributed by atoms with Gasteiger partial charge >= 0.3 is 0 Å². The van der Waals surface area contributed by atoms with Crippen LogP contribution in [-0.2, 0) is 16.2 Å². The lowest BCUT2D eigenvalue weighted by Crippen LogP contribution is -2.37. The van der Waals surface area contributed by atoms with Crippen LogP contribution >= 0.6 is 22.7 Å². The number of hydrogen-bond donors (Lipinski definition) is 1. The van der Waals surface area contributed by atoms with Crippen LogP contribution in [0, 0.1) is 0 Å². The Morgan fingerprint density at radius 1 is 0.531 bits per heavy atom. The van der Waals surface area contributed by atoms with Gasteiger partial charge in [-0.15, -0.1) is 22.7 Å². The van der Waals surface area contributed by atoms with Crippen molar-refractivity contribution in [2.24, 2.45) is 0 Å². The summed E-state index contributed by atoms with van der Waals surface area (Å²) >= 11 is 3.80. The van der Waals surface area contributed by atoms with E-state index in [2.05, 4.69) is 212 Å². The number of fused-ring (bicyclic) bond motifs is 15. The normalized spacial score (nSPS) is 14.2. The highest BCUT2D eigenvalue weighted by atomic mass is 32.1. The standard InChI is InChI=1S/C59H48BN2S2/c1-57(2,3)32-17-20-34(21-18-32)61-46-29-42-40-27-33(58(4,5)6)19-26-50(40)64-51(42)30-39(46)36-22-23-38-54-47(25-24-44-53(54)37-14-9-11-15-43(37)59(44,7)8)62-48-31-52-41(28-45(48)60-55(36)56(38)62)35-13-10-12-16-49(35)63-52/h9-31,61H,1-8H3. The average molecular weight is 860 g/mol. The molecule has 1 N–H and O–H groups in total. The van der Waals surface area contributed by atoms with Gasteiger partial charge in [-0.25, -0.2) is 0 Å². The highest BCUT2D eigenvalue weighted by Crippen LogP contribution is 2.54. The van der Waals surface area contributed by atoms with Crippen LogP contribution in [0.1, 0.15) is 77.6 Å². The molecule has 0 amide bonds. The third-order valence-electron chi connectivity index (χ3n) is 14.5. The molecule has 0 atom stereocenters. The number of rotatable bonds is 3. The van der Waals surface area contributed by atoms with Crippen LogP contribution in [0.4, 0.5) is 11.4 Å². The number of hydrogen-bond acceptors (Lipinski definition) is 3. The molecule has 3 aromatic heterocycles. The van der Waals surface area contributed by atoms with E-state index in [0.717, 1.165) is 11.4 Å². The largest absolute Gasteiger partial charge is 0.355 e. The Labute approximate surface area is 383 Å². The fraction of sp³-hybridized carbons (Fsp3) is 0.186. The van der Waals surface area contributed by atoms with Gasteiger partial charge in [-0.3, -0.25) is 0 Å². The fourth-order valence-corrected chi connectivity index (χ4v) is 13.3. The number of aromatic nitrogens is 1. The Morgan fingerprint density at radius 3 is 2.02 bits per heavy atom. The van der Waals surface area contributed by atoms with Crippen molar-refractivity contribution < 1.29 is 0 Å². The molecule has 1 radical (unpaired) electrons. The molecule has 309 valence electrons. The molecule has 0 saturated heterocycles. The predicted molar refractivity (Wildman–Crippen MR) is 282 cm³/mol. The molecule has 0 bridgehead atoms. The molecule has 0 saturated carbocycles. The Balaban J connectivity index is 1.12. The van der Waals surface area contributed by atoms with E-state index < -0.39 is 0 Å². The smallest absolute Gasteiger partial charge is 0.197 e. The summed E-state index contributed by atoms with van der Waals surface area (Å²) in [5.41, 5.74) is 19.2. The van der Waals surface area contributed by atoms with Gasteiger partial charge in [0.2, 0.25) is 0 Å². The summed E-state index contributed by atoms with van der Waals surface area (Å²) in [6.07, 6.45) is 0. The third kappa shape index (κ3) is 5.38. The summed E-state index contributed by atoms with van der Waals surface area (Å²) in [4.78, 5) is 0. The molecule has 2 nitrogen and oxygen atoms in total. The van der Waals surface area contributed by atoms with Crippen molar-refractivity contribution in [1.82, 2.24) is 4.57 Å². The average Bonchev–Trinajstić information content (AvgIpc) is 3.99. The van der Waals surface area contributed by atoms with Gasteiger partial charge in [-0.05, 0) is 115 Å². The molecule has 0 spiro atoms. The summed E-state index contributed by atoms with van der Waals surface area (Å²) in [6.45, 7) is 18.6. The van der Waals surface area contributed by atoms with E-state index in [1.165, 1.54) is 123 Å². The first-order valence-corrected chi connectivity index (χ1v) is 24.3.